The van der Waals surface area contributed by atoms with Crippen LogP contribution in [-0.4, -0.2) is 32.0 Å². The predicted molar refractivity (Wildman–Crippen MR) is 164 cm³/mol. The highest BCUT2D eigenvalue weighted by atomic mass is 14.9. The molecule has 1 fully saturated rings. The molecule has 4 nitrogen and oxygen atoms in total. The van der Waals surface area contributed by atoms with Crippen LogP contribution in [0.3, 0.4) is 0 Å². The second kappa shape index (κ2) is 17.2. The predicted octanol–water partition coefficient (Wildman–Crippen LogP) is 7.28. The van der Waals surface area contributed by atoms with Gasteiger partial charge >= 0.3 is 0 Å². The highest BCUT2D eigenvalue weighted by Crippen LogP contribution is 2.33. The standard InChI is InChI=1S/C25H34N2.C5H12N2.C3H8/c1-19(27-25-3-2-4-25)22-11-13-24(14-12-22)23-9-7-20(8-10-23)5-6-21-15-17-26-18-16-21;1-4(2)5(6)7-3;1-3-2/h2-3,7-10,13,21-22,25-27H,1,4-6,11-12,14-18H2;4H,1-3H3,(H2,6,7);3H2,1-2H3. The number of aliphatic imine (C=N–C) groups is 1. The maximum atomic E-state index is 5.37. The largest absolute Gasteiger partial charge is 0.387 e. The number of hydrogen-bond donors (Lipinski definition) is 3. The molecule has 0 bridgehead atoms. The van der Waals surface area contributed by atoms with Gasteiger partial charge in [0.1, 0.15) is 0 Å². The third-order valence-electron chi connectivity index (χ3n) is 7.51. The van der Waals surface area contributed by atoms with Gasteiger partial charge in [0, 0.05) is 30.6 Å². The van der Waals surface area contributed by atoms with Crippen LogP contribution in [0.5, 0.6) is 0 Å². The van der Waals surface area contributed by atoms with Crippen molar-refractivity contribution in [2.75, 3.05) is 20.1 Å². The minimum atomic E-state index is 0.394. The first kappa shape index (κ1) is 30.9. The Labute approximate surface area is 228 Å². The van der Waals surface area contributed by atoms with Crippen molar-refractivity contribution >= 4 is 11.4 Å². The molecule has 1 heterocycles. The second-order valence-electron chi connectivity index (χ2n) is 11.1. The Kier molecular flexibility index (Phi) is 14.4. The van der Waals surface area contributed by atoms with Crippen LogP contribution < -0.4 is 16.4 Å². The van der Waals surface area contributed by atoms with Gasteiger partial charge in [-0.15, -0.1) is 0 Å². The zero-order valence-corrected chi connectivity index (χ0v) is 24.4. The molecule has 2 aliphatic carbocycles. The van der Waals surface area contributed by atoms with E-state index in [0.29, 0.717) is 17.9 Å². The molecule has 206 valence electrons. The number of benzene rings is 1. The van der Waals surface area contributed by atoms with Gasteiger partial charge in [-0.25, -0.2) is 0 Å². The molecule has 1 aliphatic heterocycles. The fourth-order valence-corrected chi connectivity index (χ4v) is 4.83. The van der Waals surface area contributed by atoms with Gasteiger partial charge in [-0.1, -0.05) is 83.2 Å². The van der Waals surface area contributed by atoms with Crippen LogP contribution in [0, 0.1) is 17.8 Å². The van der Waals surface area contributed by atoms with Crippen LogP contribution >= 0.6 is 0 Å². The minimum Gasteiger partial charge on any atom is -0.387 e. The van der Waals surface area contributed by atoms with Gasteiger partial charge in [0.25, 0.3) is 0 Å². The molecule has 0 saturated carbocycles. The van der Waals surface area contributed by atoms with Gasteiger partial charge < -0.3 is 16.4 Å². The average molecular weight is 507 g/mol. The molecule has 2 atom stereocenters. The summed E-state index contributed by atoms with van der Waals surface area (Å²) < 4.78 is 0. The van der Waals surface area contributed by atoms with Crippen LogP contribution in [0.4, 0.5) is 0 Å². The first-order valence-electron chi connectivity index (χ1n) is 14.7. The SMILES string of the molecule is C=C(NC1C=CC1)C1CC=C(c2ccc(CCC3CCNCC3)cc2)CC1.CCC.CN=C(N)C(C)C. The third-order valence-corrected chi connectivity index (χ3v) is 7.51. The lowest BCUT2D eigenvalue weighted by Crippen LogP contribution is -2.32. The third kappa shape index (κ3) is 11.3. The van der Waals surface area contributed by atoms with Crippen LogP contribution in [0.2, 0.25) is 0 Å². The highest BCUT2D eigenvalue weighted by Gasteiger charge is 2.20. The van der Waals surface area contributed by atoms with Gasteiger partial charge in [-0.3, -0.25) is 4.99 Å². The van der Waals surface area contributed by atoms with E-state index in [1.165, 1.54) is 80.4 Å². The molecule has 0 radical (unpaired) electrons. The summed E-state index contributed by atoms with van der Waals surface area (Å²) >= 11 is 0. The van der Waals surface area contributed by atoms with Gasteiger partial charge in [0.05, 0.1) is 5.84 Å². The number of nitrogens with zero attached hydrogens (tertiary/aromatic N) is 1. The molecule has 4 N–H and O–H groups in total. The highest BCUT2D eigenvalue weighted by molar-refractivity contribution is 5.81. The van der Waals surface area contributed by atoms with Crippen LogP contribution in [0.15, 0.2) is 59.8 Å². The fraction of sp³-hybridized carbons (Fsp3) is 0.606. The van der Waals surface area contributed by atoms with Crippen molar-refractivity contribution in [1.29, 1.82) is 0 Å². The minimum absolute atomic E-state index is 0.394. The van der Waals surface area contributed by atoms with E-state index in [4.69, 9.17) is 5.73 Å². The number of rotatable bonds is 8. The normalized spacial score (nSPS) is 21.6. The maximum Gasteiger partial charge on any atom is 0.0959 e. The Morgan fingerprint density at radius 1 is 1.11 bits per heavy atom. The molecule has 1 saturated heterocycles. The number of piperidine rings is 1. The van der Waals surface area contributed by atoms with Gasteiger partial charge in [0.2, 0.25) is 0 Å². The first-order chi connectivity index (χ1) is 17.9. The summed E-state index contributed by atoms with van der Waals surface area (Å²) in [5.41, 5.74) is 11.0. The molecule has 4 heteroatoms. The summed E-state index contributed by atoms with van der Waals surface area (Å²) in [7, 11) is 1.70. The van der Waals surface area contributed by atoms with E-state index in [1.807, 2.05) is 13.8 Å². The van der Waals surface area contributed by atoms with Crippen LogP contribution in [0.1, 0.15) is 90.2 Å². The van der Waals surface area contributed by atoms with Crippen molar-refractivity contribution < 1.29 is 0 Å². The van der Waals surface area contributed by atoms with Gasteiger partial charge in [-0.2, -0.15) is 0 Å². The van der Waals surface area contributed by atoms with Crippen molar-refractivity contribution in [3.05, 3.63) is 65.9 Å². The summed E-state index contributed by atoms with van der Waals surface area (Å²) in [6.07, 6.45) is 18.1. The van der Waals surface area contributed by atoms with Gasteiger partial charge in [-0.05, 0) is 87.1 Å². The van der Waals surface area contributed by atoms with E-state index in [1.54, 1.807) is 7.05 Å². The van der Waals surface area contributed by atoms with Gasteiger partial charge in [0.15, 0.2) is 0 Å². The Balaban J connectivity index is 0.000000413. The Hall–Kier alpha value is -2.33. The average Bonchev–Trinajstić information content (AvgIpc) is 2.90. The molecular weight excluding hydrogens is 452 g/mol. The van der Waals surface area contributed by atoms with E-state index < -0.39 is 0 Å². The molecule has 0 spiro atoms. The number of aryl methyl sites for hydroxylation is 1. The summed E-state index contributed by atoms with van der Waals surface area (Å²) in [5.74, 6) is 2.62. The van der Waals surface area contributed by atoms with E-state index in [0.717, 1.165) is 24.6 Å². The Bertz CT molecular complexity index is 872. The summed E-state index contributed by atoms with van der Waals surface area (Å²) in [5, 5.41) is 7.04. The topological polar surface area (TPSA) is 62.4 Å². The summed E-state index contributed by atoms with van der Waals surface area (Å²) in [6.45, 7) is 15.0. The van der Waals surface area contributed by atoms with Crippen molar-refractivity contribution in [3.63, 3.8) is 0 Å². The molecule has 37 heavy (non-hydrogen) atoms. The molecule has 0 aromatic heterocycles. The zero-order valence-electron chi connectivity index (χ0n) is 24.4. The number of allylic oxidation sites excluding steroid dienone is 3. The summed E-state index contributed by atoms with van der Waals surface area (Å²) in [6, 6.07) is 9.92. The first-order valence-corrected chi connectivity index (χ1v) is 14.7. The second-order valence-corrected chi connectivity index (χ2v) is 11.1. The molecule has 1 aromatic rings. The van der Waals surface area contributed by atoms with Crippen LogP contribution in [-0.2, 0) is 6.42 Å². The lowest BCUT2D eigenvalue weighted by Gasteiger charge is -2.29. The molecule has 3 aliphatic rings. The number of hydrogen-bond acceptors (Lipinski definition) is 3. The van der Waals surface area contributed by atoms with E-state index in [-0.39, 0.29) is 0 Å². The van der Waals surface area contributed by atoms with Crippen molar-refractivity contribution in [1.82, 2.24) is 10.6 Å². The number of nitrogens with two attached hydrogens (primary N) is 1. The van der Waals surface area contributed by atoms with Crippen molar-refractivity contribution in [2.24, 2.45) is 28.5 Å². The Morgan fingerprint density at radius 3 is 2.22 bits per heavy atom. The van der Waals surface area contributed by atoms with E-state index in [2.05, 4.69) is 78.5 Å². The molecular formula is C33H54N4. The van der Waals surface area contributed by atoms with E-state index >= 15 is 0 Å². The number of nitrogens with one attached hydrogen (secondary N) is 2. The van der Waals surface area contributed by atoms with Crippen LogP contribution in [0.25, 0.3) is 5.57 Å². The number of amidine groups is 1. The summed E-state index contributed by atoms with van der Waals surface area (Å²) in [4.78, 5) is 3.78. The van der Waals surface area contributed by atoms with Crippen molar-refractivity contribution in [3.8, 4) is 0 Å². The van der Waals surface area contributed by atoms with Crippen molar-refractivity contribution in [2.45, 2.75) is 91.5 Å². The van der Waals surface area contributed by atoms with E-state index in [9.17, 15) is 0 Å². The molecule has 2 unspecified atom stereocenters. The quantitative estimate of drug-likeness (QED) is 0.197. The monoisotopic (exact) mass is 506 g/mol. The zero-order chi connectivity index (χ0) is 27.0. The lowest BCUT2D eigenvalue weighted by molar-refractivity contribution is 0.354. The fourth-order valence-electron chi connectivity index (χ4n) is 4.83. The lowest BCUT2D eigenvalue weighted by atomic mass is 9.84. The Morgan fingerprint density at radius 2 is 1.76 bits per heavy atom. The molecule has 0 amide bonds. The smallest absolute Gasteiger partial charge is 0.0959 e. The molecule has 1 aromatic carbocycles. The molecule has 4 rings (SSSR count). The maximum absolute atomic E-state index is 5.37.